The van der Waals surface area contributed by atoms with Gasteiger partial charge in [-0.3, -0.25) is 0 Å². The zero-order valence-electron chi connectivity index (χ0n) is 5.32. The Morgan fingerprint density at radius 1 is 1.50 bits per heavy atom. The van der Waals surface area contributed by atoms with Crippen molar-refractivity contribution in [2.45, 2.75) is 19.6 Å². The molecule has 0 aliphatic heterocycles. The Bertz CT molecular complexity index is 96.7. The molecule has 0 bridgehead atoms. The minimum Gasteiger partial charge on any atom is -0.503 e. The first-order chi connectivity index (χ1) is 3.42. The van der Waals surface area contributed by atoms with E-state index in [2.05, 4.69) is 4.43 Å². The number of nitrogens with one attached hydrogen (secondary N) is 1. The average Bonchev–Trinajstić information content (AvgIpc) is 1.21. The molecule has 0 rings (SSSR count). The summed E-state index contributed by atoms with van der Waals surface area (Å²) in [4.78, 5) is 9.94. The summed E-state index contributed by atoms with van der Waals surface area (Å²) < 4.78 is 4.60. The number of amides is 1. The highest BCUT2D eigenvalue weighted by Gasteiger charge is 2.17. The maximum absolute atomic E-state index is 9.94. The van der Waals surface area contributed by atoms with Crippen LogP contribution in [0.15, 0.2) is 0 Å². The summed E-state index contributed by atoms with van der Waals surface area (Å²) in [5, 5.41) is 0. The molecular weight excluding hydrogens is 122 g/mol. The first kappa shape index (κ1) is 7.49. The van der Waals surface area contributed by atoms with Gasteiger partial charge >= 0.3 is 6.09 Å². The second-order valence-corrected chi connectivity index (χ2v) is 6.93. The van der Waals surface area contributed by atoms with Crippen molar-refractivity contribution in [3.8, 4) is 0 Å². The second-order valence-electron chi connectivity index (χ2n) is 2.50. The van der Waals surface area contributed by atoms with Crippen LogP contribution in [0.25, 0.3) is 0 Å². The molecule has 1 N–H and O–H groups in total. The van der Waals surface area contributed by atoms with Crippen molar-refractivity contribution in [1.82, 2.24) is 5.73 Å². The molecule has 0 saturated carbocycles. The van der Waals surface area contributed by atoms with E-state index in [1.165, 1.54) is 0 Å². The molecule has 0 aromatic carbocycles. The van der Waals surface area contributed by atoms with Crippen LogP contribution in [-0.4, -0.2) is 14.4 Å². The standard InChI is InChI=1S/C4H10NO2Si/c1-8(2,3)7-4(5)6/h5H,1-3H3. The maximum atomic E-state index is 9.94. The Kier molecular flexibility index (Phi) is 2.03. The van der Waals surface area contributed by atoms with Crippen molar-refractivity contribution in [2.24, 2.45) is 0 Å². The molecule has 0 unspecified atom stereocenters. The SMILES string of the molecule is C[Si](C)(C)OC([NH])=O. The fourth-order valence-electron chi connectivity index (χ4n) is 0.278. The molecular formula is C4H10NO2Si. The van der Waals surface area contributed by atoms with Crippen molar-refractivity contribution < 1.29 is 9.22 Å². The van der Waals surface area contributed by atoms with Crippen LogP contribution in [-0.2, 0) is 4.43 Å². The Balaban J connectivity index is 3.55. The van der Waals surface area contributed by atoms with Crippen LogP contribution < -0.4 is 5.73 Å². The number of rotatable bonds is 1. The Morgan fingerprint density at radius 2 is 1.88 bits per heavy atom. The molecule has 0 aliphatic carbocycles. The fourth-order valence-corrected chi connectivity index (χ4v) is 0.834. The average molecular weight is 132 g/mol. The molecule has 0 aliphatic rings. The van der Waals surface area contributed by atoms with Crippen LogP contribution in [0.2, 0.25) is 19.6 Å². The van der Waals surface area contributed by atoms with Gasteiger partial charge < -0.3 is 4.43 Å². The summed E-state index contributed by atoms with van der Waals surface area (Å²) >= 11 is 0. The number of carbonyl (C=O) groups is 1. The van der Waals surface area contributed by atoms with Crippen LogP contribution in [0, 0.1) is 0 Å². The molecule has 0 fully saturated rings. The number of hydrogen-bond acceptors (Lipinski definition) is 2. The molecule has 1 radical (unpaired) electrons. The van der Waals surface area contributed by atoms with E-state index in [0.717, 1.165) is 0 Å². The summed E-state index contributed by atoms with van der Waals surface area (Å²) in [7, 11) is -1.76. The van der Waals surface area contributed by atoms with Crippen molar-refractivity contribution in [2.75, 3.05) is 0 Å². The minimum atomic E-state index is -1.76. The topological polar surface area (TPSA) is 50.1 Å². The van der Waals surface area contributed by atoms with Gasteiger partial charge in [-0.25, -0.2) is 10.5 Å². The largest absolute Gasteiger partial charge is 0.503 e. The zero-order valence-corrected chi connectivity index (χ0v) is 6.32. The third-order valence-electron chi connectivity index (χ3n) is 0.399. The van der Waals surface area contributed by atoms with Crippen molar-refractivity contribution in [1.29, 1.82) is 0 Å². The molecule has 0 aromatic heterocycles. The van der Waals surface area contributed by atoms with E-state index in [-0.39, 0.29) is 0 Å². The van der Waals surface area contributed by atoms with Gasteiger partial charge in [-0.1, -0.05) is 0 Å². The highest BCUT2D eigenvalue weighted by atomic mass is 28.4. The molecule has 0 spiro atoms. The molecule has 0 atom stereocenters. The van der Waals surface area contributed by atoms with Crippen molar-refractivity contribution >= 4 is 14.4 Å². The minimum absolute atomic E-state index is 0.913. The summed E-state index contributed by atoms with van der Waals surface area (Å²) in [6.07, 6.45) is -0.913. The molecule has 8 heavy (non-hydrogen) atoms. The van der Waals surface area contributed by atoms with Crippen molar-refractivity contribution in [3.63, 3.8) is 0 Å². The lowest BCUT2D eigenvalue weighted by molar-refractivity contribution is 0.207. The molecule has 47 valence electrons. The molecule has 0 aromatic rings. The highest BCUT2D eigenvalue weighted by molar-refractivity contribution is 6.71. The molecule has 0 saturated heterocycles. The van der Waals surface area contributed by atoms with E-state index < -0.39 is 14.4 Å². The van der Waals surface area contributed by atoms with E-state index in [1.807, 2.05) is 19.6 Å². The maximum Gasteiger partial charge on any atom is 0.412 e. The van der Waals surface area contributed by atoms with Crippen LogP contribution in [0.1, 0.15) is 0 Å². The third-order valence-corrected chi connectivity index (χ3v) is 1.20. The lowest BCUT2D eigenvalue weighted by atomic mass is 11.3. The third kappa shape index (κ3) is 5.49. The van der Waals surface area contributed by atoms with Crippen molar-refractivity contribution in [3.05, 3.63) is 0 Å². The number of hydrogen-bond donors (Lipinski definition) is 0. The normalized spacial score (nSPS) is 10.9. The van der Waals surface area contributed by atoms with Gasteiger partial charge in [-0.05, 0) is 19.6 Å². The van der Waals surface area contributed by atoms with Gasteiger partial charge in [0.2, 0.25) is 8.32 Å². The first-order valence-electron chi connectivity index (χ1n) is 2.36. The Morgan fingerprint density at radius 3 is 1.88 bits per heavy atom. The smallest absolute Gasteiger partial charge is 0.412 e. The lowest BCUT2D eigenvalue weighted by Gasteiger charge is -2.13. The van der Waals surface area contributed by atoms with E-state index in [1.54, 1.807) is 0 Å². The van der Waals surface area contributed by atoms with Crippen LogP contribution in [0.3, 0.4) is 0 Å². The predicted molar refractivity (Wildman–Crippen MR) is 32.9 cm³/mol. The van der Waals surface area contributed by atoms with Gasteiger partial charge in [0.15, 0.2) is 0 Å². The van der Waals surface area contributed by atoms with Crippen LogP contribution in [0.4, 0.5) is 4.79 Å². The quantitative estimate of drug-likeness (QED) is 0.504. The summed E-state index contributed by atoms with van der Waals surface area (Å²) in [5.74, 6) is 0. The zero-order chi connectivity index (χ0) is 6.78. The van der Waals surface area contributed by atoms with Gasteiger partial charge in [-0.15, -0.1) is 0 Å². The van der Waals surface area contributed by atoms with E-state index in [0.29, 0.717) is 0 Å². The van der Waals surface area contributed by atoms with Gasteiger partial charge in [0.1, 0.15) is 0 Å². The Hall–Kier alpha value is -0.513. The molecule has 1 amide bonds. The lowest BCUT2D eigenvalue weighted by Crippen LogP contribution is -2.28. The molecule has 0 heterocycles. The van der Waals surface area contributed by atoms with Crippen LogP contribution >= 0.6 is 0 Å². The van der Waals surface area contributed by atoms with Gasteiger partial charge in [-0.2, -0.15) is 0 Å². The summed E-state index contributed by atoms with van der Waals surface area (Å²) in [6.45, 7) is 5.58. The molecule has 4 heteroatoms. The Labute approximate surface area is 50.0 Å². The fraction of sp³-hybridized carbons (Fsp3) is 0.750. The highest BCUT2D eigenvalue weighted by Crippen LogP contribution is 2.00. The van der Waals surface area contributed by atoms with Gasteiger partial charge in [0, 0.05) is 0 Å². The molecule has 3 nitrogen and oxygen atoms in total. The summed E-state index contributed by atoms with van der Waals surface area (Å²) in [6, 6.07) is 0. The summed E-state index contributed by atoms with van der Waals surface area (Å²) in [5.41, 5.74) is 6.41. The predicted octanol–water partition coefficient (Wildman–Crippen LogP) is 1.24. The first-order valence-corrected chi connectivity index (χ1v) is 5.77. The van der Waals surface area contributed by atoms with Crippen LogP contribution in [0.5, 0.6) is 0 Å². The van der Waals surface area contributed by atoms with E-state index in [4.69, 9.17) is 5.73 Å². The number of carbonyl (C=O) groups excluding carboxylic acids is 1. The van der Waals surface area contributed by atoms with Gasteiger partial charge in [0.05, 0.1) is 0 Å². The second kappa shape index (κ2) is 2.17. The van der Waals surface area contributed by atoms with Gasteiger partial charge in [0.25, 0.3) is 0 Å². The van der Waals surface area contributed by atoms with E-state index in [9.17, 15) is 4.79 Å². The van der Waals surface area contributed by atoms with E-state index >= 15 is 0 Å². The monoisotopic (exact) mass is 132 g/mol.